The molecule has 0 spiro atoms. The van der Waals surface area contributed by atoms with Gasteiger partial charge in [0.2, 0.25) is 0 Å². The number of rotatable bonds is 2. The molecule has 0 aliphatic carbocycles. The summed E-state index contributed by atoms with van der Waals surface area (Å²) in [5.74, 6) is 0.132. The van der Waals surface area contributed by atoms with Crippen molar-refractivity contribution in [3.05, 3.63) is 23.9 Å². The summed E-state index contributed by atoms with van der Waals surface area (Å²) >= 11 is 5.76. The number of anilines is 1. The van der Waals surface area contributed by atoms with Crippen LogP contribution in [0.1, 0.15) is 5.56 Å². The quantitative estimate of drug-likeness (QED) is 0.779. The molecule has 0 bridgehead atoms. The van der Waals surface area contributed by atoms with E-state index in [9.17, 15) is 13.2 Å². The highest BCUT2D eigenvalue weighted by molar-refractivity contribution is 6.18. The second kappa shape index (κ2) is 5.32. The van der Waals surface area contributed by atoms with Crippen molar-refractivity contribution < 1.29 is 17.9 Å². The monoisotopic (exact) mass is 280 g/mol. The van der Waals surface area contributed by atoms with Gasteiger partial charge in [-0.2, -0.15) is 13.2 Å². The summed E-state index contributed by atoms with van der Waals surface area (Å²) in [5, 5.41) is 0. The Morgan fingerprint density at radius 2 is 2.28 bits per heavy atom. The van der Waals surface area contributed by atoms with Gasteiger partial charge >= 0.3 is 6.18 Å². The number of nitrogens with zero attached hydrogens (tertiary/aromatic N) is 2. The van der Waals surface area contributed by atoms with E-state index in [0.717, 1.165) is 6.07 Å². The van der Waals surface area contributed by atoms with Gasteiger partial charge in [0.15, 0.2) is 0 Å². The summed E-state index contributed by atoms with van der Waals surface area (Å²) in [6.07, 6.45) is -3.07. The highest BCUT2D eigenvalue weighted by atomic mass is 35.5. The maximum atomic E-state index is 12.9. The normalized spacial score (nSPS) is 21.1. The second-order valence-electron chi connectivity index (χ2n) is 3.95. The Hall–Kier alpha value is -1.01. The second-order valence-corrected chi connectivity index (χ2v) is 4.26. The molecule has 1 atom stereocenters. The maximum Gasteiger partial charge on any atom is 0.419 e. The lowest BCUT2D eigenvalue weighted by Crippen LogP contribution is -2.47. The molecular weight excluding hydrogens is 269 g/mol. The fraction of sp³-hybridized carbons (Fsp3) is 0.545. The zero-order chi connectivity index (χ0) is 13.2. The molecule has 7 heteroatoms. The first-order chi connectivity index (χ1) is 8.54. The molecule has 3 nitrogen and oxygen atoms in total. The number of pyridine rings is 1. The molecule has 1 fully saturated rings. The van der Waals surface area contributed by atoms with Gasteiger partial charge in [0.1, 0.15) is 5.82 Å². The molecule has 0 saturated carbocycles. The minimum absolute atomic E-state index is 0.0704. The van der Waals surface area contributed by atoms with Crippen molar-refractivity contribution in [3.8, 4) is 0 Å². The Balaban J connectivity index is 2.37. The topological polar surface area (TPSA) is 25.4 Å². The first-order valence-electron chi connectivity index (χ1n) is 5.46. The standard InChI is InChI=1S/C11H12ClF3N2O/c12-6-8-7-18-5-4-17(8)10-9(11(13,14)15)2-1-3-16-10/h1-3,8H,4-7H2. The molecule has 0 amide bonds. The highest BCUT2D eigenvalue weighted by Crippen LogP contribution is 2.36. The SMILES string of the molecule is FC(F)(F)c1cccnc1N1CCOCC1CCl. The van der Waals surface area contributed by atoms with Gasteiger partial charge in [0, 0.05) is 18.6 Å². The van der Waals surface area contributed by atoms with Crippen LogP contribution in [0.15, 0.2) is 18.3 Å². The maximum absolute atomic E-state index is 12.9. The van der Waals surface area contributed by atoms with Crippen molar-refractivity contribution in [3.63, 3.8) is 0 Å². The van der Waals surface area contributed by atoms with E-state index >= 15 is 0 Å². The van der Waals surface area contributed by atoms with Gasteiger partial charge in [-0.25, -0.2) is 4.98 Å². The van der Waals surface area contributed by atoms with Crippen molar-refractivity contribution in [2.75, 3.05) is 30.5 Å². The van der Waals surface area contributed by atoms with Crippen LogP contribution in [0.2, 0.25) is 0 Å². The van der Waals surface area contributed by atoms with E-state index in [4.69, 9.17) is 16.3 Å². The highest BCUT2D eigenvalue weighted by Gasteiger charge is 2.37. The summed E-state index contributed by atoms with van der Waals surface area (Å²) in [5.41, 5.74) is -0.734. The number of hydrogen-bond acceptors (Lipinski definition) is 3. The van der Waals surface area contributed by atoms with Crippen molar-refractivity contribution in [2.24, 2.45) is 0 Å². The zero-order valence-corrected chi connectivity index (χ0v) is 10.2. The molecule has 1 aliphatic rings. The van der Waals surface area contributed by atoms with E-state index < -0.39 is 11.7 Å². The Labute approximate surface area is 108 Å². The van der Waals surface area contributed by atoms with Crippen LogP contribution >= 0.6 is 11.6 Å². The largest absolute Gasteiger partial charge is 0.419 e. The van der Waals surface area contributed by atoms with E-state index in [2.05, 4.69) is 4.98 Å². The lowest BCUT2D eigenvalue weighted by molar-refractivity contribution is -0.137. The number of morpholine rings is 1. The molecule has 2 heterocycles. The molecule has 0 N–H and O–H groups in total. The number of alkyl halides is 4. The van der Waals surface area contributed by atoms with Crippen LogP contribution in [0, 0.1) is 0 Å². The molecule has 1 saturated heterocycles. The Morgan fingerprint density at radius 3 is 2.94 bits per heavy atom. The number of hydrogen-bond donors (Lipinski definition) is 0. The Kier molecular flexibility index (Phi) is 3.97. The summed E-state index contributed by atoms with van der Waals surface area (Å²) in [4.78, 5) is 5.43. The first kappa shape index (κ1) is 13.4. The molecule has 18 heavy (non-hydrogen) atoms. The van der Waals surface area contributed by atoms with Crippen LogP contribution in [0.5, 0.6) is 0 Å². The molecule has 1 aliphatic heterocycles. The molecule has 0 radical (unpaired) electrons. The fourth-order valence-electron chi connectivity index (χ4n) is 1.91. The molecular formula is C11H12ClF3N2O. The van der Waals surface area contributed by atoms with E-state index in [1.54, 1.807) is 4.90 Å². The summed E-state index contributed by atoms with van der Waals surface area (Å²) in [6.45, 7) is 1.05. The lowest BCUT2D eigenvalue weighted by Gasteiger charge is -2.36. The van der Waals surface area contributed by atoms with Crippen molar-refractivity contribution in [1.82, 2.24) is 4.98 Å². The first-order valence-corrected chi connectivity index (χ1v) is 6.00. The van der Waals surface area contributed by atoms with Crippen LogP contribution in [-0.4, -0.2) is 36.7 Å². The minimum atomic E-state index is -4.42. The zero-order valence-electron chi connectivity index (χ0n) is 9.45. The number of halogens is 4. The van der Waals surface area contributed by atoms with Crippen LogP contribution in [0.3, 0.4) is 0 Å². The van der Waals surface area contributed by atoms with E-state index in [0.29, 0.717) is 19.8 Å². The lowest BCUT2D eigenvalue weighted by atomic mass is 10.2. The van der Waals surface area contributed by atoms with E-state index in [1.807, 2.05) is 0 Å². The summed E-state index contributed by atoms with van der Waals surface area (Å²) < 4.78 is 43.9. The van der Waals surface area contributed by atoms with Gasteiger partial charge < -0.3 is 9.64 Å². The smallest absolute Gasteiger partial charge is 0.377 e. The van der Waals surface area contributed by atoms with Crippen molar-refractivity contribution in [2.45, 2.75) is 12.2 Å². The Morgan fingerprint density at radius 1 is 1.50 bits per heavy atom. The minimum Gasteiger partial charge on any atom is -0.377 e. The van der Waals surface area contributed by atoms with Gasteiger partial charge in [-0.3, -0.25) is 0 Å². The van der Waals surface area contributed by atoms with Crippen LogP contribution in [-0.2, 0) is 10.9 Å². The van der Waals surface area contributed by atoms with Crippen LogP contribution in [0.4, 0.5) is 19.0 Å². The summed E-state index contributed by atoms with van der Waals surface area (Å²) in [7, 11) is 0. The predicted molar refractivity (Wildman–Crippen MR) is 61.9 cm³/mol. The van der Waals surface area contributed by atoms with E-state index in [-0.39, 0.29) is 17.7 Å². The third kappa shape index (κ3) is 2.70. The van der Waals surface area contributed by atoms with Crippen molar-refractivity contribution >= 4 is 17.4 Å². The Bertz CT molecular complexity index is 414. The predicted octanol–water partition coefficient (Wildman–Crippen LogP) is 2.54. The van der Waals surface area contributed by atoms with Gasteiger partial charge in [-0.15, -0.1) is 11.6 Å². The van der Waals surface area contributed by atoms with Gasteiger partial charge in [0.05, 0.1) is 24.8 Å². The molecule has 1 unspecified atom stereocenters. The van der Waals surface area contributed by atoms with Gasteiger partial charge in [0.25, 0.3) is 0 Å². The van der Waals surface area contributed by atoms with Gasteiger partial charge in [-0.1, -0.05) is 0 Å². The van der Waals surface area contributed by atoms with Crippen molar-refractivity contribution in [1.29, 1.82) is 0 Å². The van der Waals surface area contributed by atoms with Gasteiger partial charge in [-0.05, 0) is 12.1 Å². The molecule has 2 rings (SSSR count). The number of ether oxygens (including phenoxy) is 1. The molecule has 100 valence electrons. The average molecular weight is 281 g/mol. The molecule has 0 aromatic carbocycles. The molecule has 1 aromatic rings. The van der Waals surface area contributed by atoms with Crippen LogP contribution in [0.25, 0.3) is 0 Å². The molecule has 1 aromatic heterocycles. The summed E-state index contributed by atoms with van der Waals surface area (Å²) in [6, 6.07) is 2.03. The van der Waals surface area contributed by atoms with Crippen LogP contribution < -0.4 is 4.90 Å². The fourth-order valence-corrected chi connectivity index (χ4v) is 2.16. The third-order valence-electron chi connectivity index (χ3n) is 2.77. The number of aromatic nitrogens is 1. The third-order valence-corrected chi connectivity index (χ3v) is 3.13. The average Bonchev–Trinajstić information content (AvgIpc) is 2.37. The van der Waals surface area contributed by atoms with E-state index in [1.165, 1.54) is 12.3 Å².